The lowest BCUT2D eigenvalue weighted by Crippen LogP contribution is -2.26. The van der Waals surface area contributed by atoms with Gasteiger partial charge in [-0.15, -0.1) is 0 Å². The molecular formula is C22H20F3N3O2S. The predicted octanol–water partition coefficient (Wildman–Crippen LogP) is 5.32. The summed E-state index contributed by atoms with van der Waals surface area (Å²) in [4.78, 5) is 21.8. The molecule has 2 aromatic carbocycles. The third-order valence-corrected chi connectivity index (χ3v) is 5.30. The zero-order valence-electron chi connectivity index (χ0n) is 16.9. The number of aromatic nitrogens is 2. The summed E-state index contributed by atoms with van der Waals surface area (Å²) < 4.78 is 45.1. The lowest BCUT2D eigenvalue weighted by Gasteiger charge is -2.17. The van der Waals surface area contributed by atoms with Gasteiger partial charge in [0, 0.05) is 30.5 Å². The molecule has 5 nitrogen and oxygen atoms in total. The van der Waals surface area contributed by atoms with Crippen LogP contribution in [0.1, 0.15) is 12.1 Å². The van der Waals surface area contributed by atoms with Crippen LogP contribution in [0.15, 0.2) is 65.8 Å². The summed E-state index contributed by atoms with van der Waals surface area (Å²) in [5.74, 6) is 0.685. The number of ether oxygens (including phenoxy) is 1. The molecule has 0 atom stereocenters. The van der Waals surface area contributed by atoms with Crippen molar-refractivity contribution in [2.75, 3.05) is 24.8 Å². The largest absolute Gasteiger partial charge is 0.497 e. The molecule has 0 fully saturated rings. The molecule has 0 aliphatic rings. The van der Waals surface area contributed by atoms with Gasteiger partial charge in [0.1, 0.15) is 11.4 Å². The Kier molecular flexibility index (Phi) is 7.17. The number of alkyl halides is 3. The quantitative estimate of drug-likeness (QED) is 0.363. The summed E-state index contributed by atoms with van der Waals surface area (Å²) in [6, 6.07) is 16.6. The van der Waals surface area contributed by atoms with E-state index in [4.69, 9.17) is 4.74 Å². The highest BCUT2D eigenvalue weighted by Crippen LogP contribution is 2.32. The second-order valence-corrected chi connectivity index (χ2v) is 7.60. The highest BCUT2D eigenvalue weighted by Gasteiger charge is 2.34. The van der Waals surface area contributed by atoms with Crippen molar-refractivity contribution in [1.82, 2.24) is 9.97 Å². The van der Waals surface area contributed by atoms with Gasteiger partial charge < -0.3 is 9.64 Å². The molecule has 0 aliphatic heterocycles. The van der Waals surface area contributed by atoms with Crippen molar-refractivity contribution in [1.29, 1.82) is 0 Å². The van der Waals surface area contributed by atoms with E-state index >= 15 is 0 Å². The molecule has 0 aliphatic carbocycles. The third kappa shape index (κ3) is 5.97. The normalized spacial score (nSPS) is 11.3. The molecule has 0 saturated heterocycles. The van der Waals surface area contributed by atoms with Crippen LogP contribution in [0.4, 0.5) is 18.9 Å². The first-order chi connectivity index (χ1) is 14.8. The first kappa shape index (κ1) is 22.6. The molecule has 1 aromatic heterocycles. The van der Waals surface area contributed by atoms with E-state index < -0.39 is 11.9 Å². The maximum atomic E-state index is 13.3. The van der Waals surface area contributed by atoms with Crippen LogP contribution < -0.4 is 9.64 Å². The van der Waals surface area contributed by atoms with Gasteiger partial charge in [-0.2, -0.15) is 13.2 Å². The molecule has 162 valence electrons. The van der Waals surface area contributed by atoms with Crippen LogP contribution in [0.3, 0.4) is 0 Å². The van der Waals surface area contributed by atoms with E-state index in [1.165, 1.54) is 12.0 Å². The highest BCUT2D eigenvalue weighted by molar-refractivity contribution is 7.99. The minimum absolute atomic E-state index is 0.0317. The van der Waals surface area contributed by atoms with Gasteiger partial charge in [0.25, 0.3) is 0 Å². The van der Waals surface area contributed by atoms with Gasteiger partial charge in [0.2, 0.25) is 5.91 Å². The van der Waals surface area contributed by atoms with Gasteiger partial charge in [-0.25, -0.2) is 9.97 Å². The highest BCUT2D eigenvalue weighted by atomic mass is 32.2. The molecular weight excluding hydrogens is 427 g/mol. The number of rotatable bonds is 7. The summed E-state index contributed by atoms with van der Waals surface area (Å²) >= 11 is 1.01. The molecule has 0 N–H and O–H groups in total. The van der Waals surface area contributed by atoms with Crippen LogP contribution in [0, 0.1) is 0 Å². The fourth-order valence-corrected chi connectivity index (χ4v) is 3.52. The van der Waals surface area contributed by atoms with E-state index in [2.05, 4.69) is 9.97 Å². The number of hydrogen-bond donors (Lipinski definition) is 0. The molecule has 3 aromatic rings. The molecule has 31 heavy (non-hydrogen) atoms. The van der Waals surface area contributed by atoms with Gasteiger partial charge in [0.15, 0.2) is 5.16 Å². The fourth-order valence-electron chi connectivity index (χ4n) is 2.74. The molecule has 1 heterocycles. The molecule has 3 rings (SSSR count). The van der Waals surface area contributed by atoms with Crippen molar-refractivity contribution < 1.29 is 22.7 Å². The van der Waals surface area contributed by atoms with Crippen molar-refractivity contribution >= 4 is 23.4 Å². The Labute approximate surface area is 182 Å². The molecule has 0 spiro atoms. The number of benzene rings is 2. The standard InChI is InChI=1S/C22H20F3N3O2S/c1-28(16-6-4-3-5-7-16)20(29)12-13-31-21-26-18(14-19(27-21)22(23,24)25)15-8-10-17(30-2)11-9-15/h3-11,14H,12-13H2,1-2H3. The van der Waals surface area contributed by atoms with Crippen molar-refractivity contribution in [3.63, 3.8) is 0 Å². The smallest absolute Gasteiger partial charge is 0.433 e. The SMILES string of the molecule is COc1ccc(-c2cc(C(F)(F)F)nc(SCCC(=O)N(C)c3ccccc3)n2)cc1. The Morgan fingerprint density at radius 2 is 1.74 bits per heavy atom. The van der Waals surface area contributed by atoms with Gasteiger partial charge in [-0.1, -0.05) is 30.0 Å². The van der Waals surface area contributed by atoms with Crippen molar-refractivity contribution in [3.05, 3.63) is 66.4 Å². The lowest BCUT2D eigenvalue weighted by molar-refractivity contribution is -0.141. The Morgan fingerprint density at radius 1 is 1.06 bits per heavy atom. The number of para-hydroxylation sites is 1. The third-order valence-electron chi connectivity index (χ3n) is 4.45. The van der Waals surface area contributed by atoms with Crippen LogP contribution >= 0.6 is 11.8 Å². The average molecular weight is 447 g/mol. The molecule has 0 radical (unpaired) electrons. The topological polar surface area (TPSA) is 55.3 Å². The maximum absolute atomic E-state index is 13.3. The van der Waals surface area contributed by atoms with Gasteiger partial charge in [0.05, 0.1) is 12.8 Å². The summed E-state index contributed by atoms with van der Waals surface area (Å²) in [6.07, 6.45) is -4.48. The van der Waals surface area contributed by atoms with Crippen molar-refractivity contribution in [2.24, 2.45) is 0 Å². The monoisotopic (exact) mass is 447 g/mol. The number of carbonyl (C=O) groups excluding carboxylic acids is 1. The number of halogens is 3. The summed E-state index contributed by atoms with van der Waals surface area (Å²) in [5, 5.41) is -0.0317. The minimum Gasteiger partial charge on any atom is -0.497 e. The zero-order chi connectivity index (χ0) is 22.4. The summed E-state index contributed by atoms with van der Waals surface area (Å²) in [6.45, 7) is 0. The number of methoxy groups -OCH3 is 1. The minimum atomic E-state index is -4.61. The maximum Gasteiger partial charge on any atom is 0.433 e. The Morgan fingerprint density at radius 3 is 2.35 bits per heavy atom. The number of nitrogens with zero attached hydrogens (tertiary/aromatic N) is 3. The molecule has 9 heteroatoms. The zero-order valence-corrected chi connectivity index (χ0v) is 17.7. The second kappa shape index (κ2) is 9.82. The first-order valence-corrected chi connectivity index (χ1v) is 10.3. The van der Waals surface area contributed by atoms with Crippen molar-refractivity contribution in [2.45, 2.75) is 17.8 Å². The second-order valence-electron chi connectivity index (χ2n) is 6.53. The number of amides is 1. The van der Waals surface area contributed by atoms with Gasteiger partial charge >= 0.3 is 6.18 Å². The van der Waals surface area contributed by atoms with Crippen LogP contribution in [0.5, 0.6) is 5.75 Å². The molecule has 0 saturated carbocycles. The van der Waals surface area contributed by atoms with Crippen LogP contribution in [0.2, 0.25) is 0 Å². The summed E-state index contributed by atoms with van der Waals surface area (Å²) in [7, 11) is 3.16. The van der Waals surface area contributed by atoms with Crippen LogP contribution in [-0.2, 0) is 11.0 Å². The number of hydrogen-bond acceptors (Lipinski definition) is 5. The van der Waals surface area contributed by atoms with E-state index in [9.17, 15) is 18.0 Å². The Bertz CT molecular complexity index is 1030. The number of anilines is 1. The van der Waals surface area contributed by atoms with Gasteiger partial charge in [-0.05, 0) is 42.5 Å². The van der Waals surface area contributed by atoms with E-state index in [0.29, 0.717) is 11.3 Å². The lowest BCUT2D eigenvalue weighted by atomic mass is 10.1. The molecule has 1 amide bonds. The Balaban J connectivity index is 1.74. The van der Waals surface area contributed by atoms with Crippen molar-refractivity contribution in [3.8, 4) is 17.0 Å². The average Bonchev–Trinajstić information content (AvgIpc) is 2.78. The van der Waals surface area contributed by atoms with Crippen LogP contribution in [-0.4, -0.2) is 35.8 Å². The summed E-state index contributed by atoms with van der Waals surface area (Å²) in [5.41, 5.74) is 0.383. The first-order valence-electron chi connectivity index (χ1n) is 9.33. The van der Waals surface area contributed by atoms with Crippen LogP contribution in [0.25, 0.3) is 11.3 Å². The number of carbonyl (C=O) groups is 1. The van der Waals surface area contributed by atoms with E-state index in [1.807, 2.05) is 30.3 Å². The number of thioether (sulfide) groups is 1. The predicted molar refractivity (Wildman–Crippen MR) is 114 cm³/mol. The van der Waals surface area contributed by atoms with E-state index in [1.54, 1.807) is 31.3 Å². The molecule has 0 bridgehead atoms. The molecule has 0 unspecified atom stereocenters. The van der Waals surface area contributed by atoms with E-state index in [0.717, 1.165) is 23.5 Å². The van der Waals surface area contributed by atoms with Gasteiger partial charge in [-0.3, -0.25) is 4.79 Å². The Hall–Kier alpha value is -3.07. The van der Waals surface area contributed by atoms with E-state index in [-0.39, 0.29) is 28.9 Å². The fraction of sp³-hybridized carbons (Fsp3) is 0.227.